The van der Waals surface area contributed by atoms with Crippen molar-refractivity contribution in [2.45, 2.75) is 27.3 Å². The van der Waals surface area contributed by atoms with E-state index in [9.17, 15) is 4.79 Å². The summed E-state index contributed by atoms with van der Waals surface area (Å²) in [6.07, 6.45) is 0. The SMILES string of the molecule is CCNC(=O)c1ccc(NCc2nc(C)c(C)o2)nn1. The maximum Gasteiger partial charge on any atom is 0.271 e. The minimum atomic E-state index is -0.231. The number of rotatable bonds is 5. The molecule has 20 heavy (non-hydrogen) atoms. The standard InChI is InChI=1S/C13H17N5O2/c1-4-14-13(19)10-5-6-11(18-17-10)15-7-12-16-8(2)9(3)20-12/h5-6H,4,7H2,1-3H3,(H,14,19)(H,15,18). The van der Waals surface area contributed by atoms with Crippen molar-refractivity contribution in [2.24, 2.45) is 0 Å². The van der Waals surface area contributed by atoms with E-state index in [1.165, 1.54) is 0 Å². The average Bonchev–Trinajstić information content (AvgIpc) is 2.76. The summed E-state index contributed by atoms with van der Waals surface area (Å²) in [6.45, 7) is 6.59. The first kappa shape index (κ1) is 14.0. The quantitative estimate of drug-likeness (QED) is 0.857. The highest BCUT2D eigenvalue weighted by Crippen LogP contribution is 2.10. The first-order valence-corrected chi connectivity index (χ1v) is 6.39. The Labute approximate surface area is 116 Å². The van der Waals surface area contributed by atoms with E-state index in [1.54, 1.807) is 12.1 Å². The second-order valence-electron chi connectivity index (χ2n) is 4.27. The predicted octanol–water partition coefficient (Wildman–Crippen LogP) is 1.44. The molecule has 2 rings (SSSR count). The van der Waals surface area contributed by atoms with E-state index in [1.807, 2.05) is 20.8 Å². The summed E-state index contributed by atoms with van der Waals surface area (Å²) in [4.78, 5) is 15.8. The summed E-state index contributed by atoms with van der Waals surface area (Å²) < 4.78 is 5.44. The Balaban J connectivity index is 1.95. The van der Waals surface area contributed by atoms with Gasteiger partial charge in [0.15, 0.2) is 5.69 Å². The van der Waals surface area contributed by atoms with Gasteiger partial charge in [0.1, 0.15) is 11.6 Å². The first-order valence-electron chi connectivity index (χ1n) is 6.39. The Morgan fingerprint density at radius 1 is 1.30 bits per heavy atom. The molecular weight excluding hydrogens is 258 g/mol. The van der Waals surface area contributed by atoms with E-state index < -0.39 is 0 Å². The number of aryl methyl sites for hydroxylation is 2. The largest absolute Gasteiger partial charge is 0.444 e. The van der Waals surface area contributed by atoms with Crippen LogP contribution in [0.3, 0.4) is 0 Å². The number of oxazole rings is 1. The highest BCUT2D eigenvalue weighted by molar-refractivity contribution is 5.92. The van der Waals surface area contributed by atoms with Crippen LogP contribution >= 0.6 is 0 Å². The van der Waals surface area contributed by atoms with Crippen molar-refractivity contribution in [3.63, 3.8) is 0 Å². The van der Waals surface area contributed by atoms with E-state index in [4.69, 9.17) is 4.42 Å². The molecule has 0 bridgehead atoms. The number of carbonyl (C=O) groups excluding carboxylic acids is 1. The van der Waals surface area contributed by atoms with Crippen molar-refractivity contribution in [1.82, 2.24) is 20.5 Å². The smallest absolute Gasteiger partial charge is 0.271 e. The number of nitrogens with one attached hydrogen (secondary N) is 2. The first-order chi connectivity index (χ1) is 9.60. The van der Waals surface area contributed by atoms with Gasteiger partial charge in [0.2, 0.25) is 5.89 Å². The van der Waals surface area contributed by atoms with Gasteiger partial charge in [-0.15, -0.1) is 10.2 Å². The molecular formula is C13H17N5O2. The third-order valence-electron chi connectivity index (χ3n) is 2.73. The minimum absolute atomic E-state index is 0.231. The Hall–Kier alpha value is -2.44. The Kier molecular flexibility index (Phi) is 4.29. The van der Waals surface area contributed by atoms with Crippen molar-refractivity contribution >= 4 is 11.7 Å². The summed E-state index contributed by atoms with van der Waals surface area (Å²) >= 11 is 0. The monoisotopic (exact) mass is 275 g/mol. The van der Waals surface area contributed by atoms with E-state index in [-0.39, 0.29) is 5.91 Å². The van der Waals surface area contributed by atoms with Gasteiger partial charge in [0, 0.05) is 6.54 Å². The summed E-state index contributed by atoms with van der Waals surface area (Å²) in [5, 5.41) is 13.5. The fourth-order valence-electron chi connectivity index (χ4n) is 1.58. The van der Waals surface area contributed by atoms with Crippen LogP contribution < -0.4 is 10.6 Å². The van der Waals surface area contributed by atoms with Gasteiger partial charge in [0.05, 0.1) is 12.2 Å². The molecule has 0 atom stereocenters. The zero-order chi connectivity index (χ0) is 14.5. The number of carbonyl (C=O) groups is 1. The van der Waals surface area contributed by atoms with Crippen LogP contribution in [0.15, 0.2) is 16.5 Å². The Bertz CT molecular complexity index is 572. The molecule has 0 aromatic carbocycles. The van der Waals surface area contributed by atoms with Crippen LogP contribution in [0.4, 0.5) is 5.82 Å². The van der Waals surface area contributed by atoms with Gasteiger partial charge in [-0.25, -0.2) is 4.98 Å². The van der Waals surface area contributed by atoms with E-state index in [0.29, 0.717) is 30.5 Å². The van der Waals surface area contributed by atoms with Crippen molar-refractivity contribution < 1.29 is 9.21 Å². The molecule has 0 aliphatic heterocycles. The Morgan fingerprint density at radius 3 is 2.65 bits per heavy atom. The van der Waals surface area contributed by atoms with Crippen molar-refractivity contribution in [3.05, 3.63) is 35.2 Å². The molecule has 2 aromatic heterocycles. The maximum absolute atomic E-state index is 11.5. The molecule has 0 saturated carbocycles. The Morgan fingerprint density at radius 2 is 2.10 bits per heavy atom. The predicted molar refractivity (Wildman–Crippen MR) is 73.3 cm³/mol. The van der Waals surface area contributed by atoms with E-state index in [0.717, 1.165) is 11.5 Å². The number of amides is 1. The summed E-state index contributed by atoms with van der Waals surface area (Å²) in [5.41, 5.74) is 1.17. The van der Waals surface area contributed by atoms with Gasteiger partial charge in [-0.2, -0.15) is 0 Å². The fourth-order valence-corrected chi connectivity index (χ4v) is 1.58. The minimum Gasteiger partial charge on any atom is -0.444 e. The molecule has 0 radical (unpaired) electrons. The van der Waals surface area contributed by atoms with Gasteiger partial charge < -0.3 is 15.1 Å². The zero-order valence-corrected chi connectivity index (χ0v) is 11.7. The van der Waals surface area contributed by atoms with E-state index >= 15 is 0 Å². The lowest BCUT2D eigenvalue weighted by molar-refractivity contribution is 0.0950. The normalized spacial score (nSPS) is 10.3. The molecule has 0 unspecified atom stereocenters. The molecule has 7 heteroatoms. The highest BCUT2D eigenvalue weighted by Gasteiger charge is 2.08. The number of nitrogens with zero attached hydrogens (tertiary/aromatic N) is 3. The average molecular weight is 275 g/mol. The third-order valence-corrected chi connectivity index (χ3v) is 2.73. The fraction of sp³-hybridized carbons (Fsp3) is 0.385. The van der Waals surface area contributed by atoms with Gasteiger partial charge >= 0.3 is 0 Å². The molecule has 0 aliphatic rings. The van der Waals surface area contributed by atoms with Crippen LogP contribution in [0.1, 0.15) is 34.8 Å². The van der Waals surface area contributed by atoms with Gasteiger partial charge in [-0.1, -0.05) is 0 Å². The molecule has 2 aromatic rings. The summed E-state index contributed by atoms with van der Waals surface area (Å²) in [6, 6.07) is 3.31. The van der Waals surface area contributed by atoms with E-state index in [2.05, 4.69) is 25.8 Å². The lowest BCUT2D eigenvalue weighted by Crippen LogP contribution is -2.24. The second kappa shape index (κ2) is 6.14. The van der Waals surface area contributed by atoms with Gasteiger partial charge in [-0.05, 0) is 32.9 Å². The number of anilines is 1. The highest BCUT2D eigenvalue weighted by atomic mass is 16.4. The van der Waals surface area contributed by atoms with Crippen molar-refractivity contribution in [2.75, 3.05) is 11.9 Å². The topological polar surface area (TPSA) is 92.9 Å². The molecule has 0 spiro atoms. The second-order valence-corrected chi connectivity index (χ2v) is 4.27. The lowest BCUT2D eigenvalue weighted by Gasteiger charge is -2.03. The van der Waals surface area contributed by atoms with Gasteiger partial charge in [-0.3, -0.25) is 4.79 Å². The van der Waals surface area contributed by atoms with Crippen LogP contribution in [-0.4, -0.2) is 27.6 Å². The zero-order valence-electron chi connectivity index (χ0n) is 11.7. The molecule has 106 valence electrons. The van der Waals surface area contributed by atoms with Crippen LogP contribution in [0.5, 0.6) is 0 Å². The maximum atomic E-state index is 11.5. The third kappa shape index (κ3) is 3.31. The molecule has 2 heterocycles. The molecule has 0 aliphatic carbocycles. The molecule has 1 amide bonds. The number of aromatic nitrogens is 3. The molecule has 0 fully saturated rings. The van der Waals surface area contributed by atoms with Crippen LogP contribution in [0.25, 0.3) is 0 Å². The molecule has 2 N–H and O–H groups in total. The summed E-state index contributed by atoms with van der Waals surface area (Å²) in [7, 11) is 0. The number of hydrogen-bond acceptors (Lipinski definition) is 6. The summed E-state index contributed by atoms with van der Waals surface area (Å²) in [5.74, 6) is 1.73. The lowest BCUT2D eigenvalue weighted by atomic mass is 10.3. The number of hydrogen-bond donors (Lipinski definition) is 2. The van der Waals surface area contributed by atoms with Crippen LogP contribution in [0, 0.1) is 13.8 Å². The van der Waals surface area contributed by atoms with Gasteiger partial charge in [0.25, 0.3) is 5.91 Å². The molecule has 0 saturated heterocycles. The van der Waals surface area contributed by atoms with Crippen molar-refractivity contribution in [1.29, 1.82) is 0 Å². The molecule has 7 nitrogen and oxygen atoms in total. The van der Waals surface area contributed by atoms with Crippen molar-refractivity contribution in [3.8, 4) is 0 Å². The van der Waals surface area contributed by atoms with Crippen LogP contribution in [0.2, 0.25) is 0 Å². The van der Waals surface area contributed by atoms with Crippen LogP contribution in [-0.2, 0) is 6.54 Å².